The van der Waals surface area contributed by atoms with Crippen molar-refractivity contribution in [1.82, 2.24) is 4.98 Å². The van der Waals surface area contributed by atoms with Crippen LogP contribution in [-0.2, 0) is 26.0 Å². The topological polar surface area (TPSA) is 129 Å². The number of sulfonamides is 1. The molecule has 1 aromatic heterocycles. The van der Waals surface area contributed by atoms with Crippen LogP contribution in [0.5, 0.6) is 5.75 Å². The van der Waals surface area contributed by atoms with E-state index in [1.165, 1.54) is 0 Å². The number of rotatable bonds is 10. The molecule has 0 saturated carbocycles. The summed E-state index contributed by atoms with van der Waals surface area (Å²) in [5.41, 5.74) is 4.03. The standard InChI is InChI=1S/C31H34N2O6S/c1-19-18-21-8-4-5-9-22(21)27(23-10-11-24-26-20(13-16-38-24)12-15-33-28(23)26)25(19)29(30(34)35)39-31(2,3)14-6-7-17-40(32,36)37/h4-5,8-12,15,18,29H,6-7,13-14,16-17H2,1-3H3,(H,34,35)(H2,32,36,37)/t29-/m0/s1. The Morgan fingerprint density at radius 2 is 1.95 bits per heavy atom. The molecule has 210 valence electrons. The van der Waals surface area contributed by atoms with Gasteiger partial charge in [0.05, 0.1) is 23.5 Å². The molecule has 0 bridgehead atoms. The molecule has 9 heteroatoms. The highest BCUT2D eigenvalue weighted by Crippen LogP contribution is 2.45. The quantitative estimate of drug-likeness (QED) is 0.238. The van der Waals surface area contributed by atoms with Crippen molar-refractivity contribution >= 4 is 37.7 Å². The molecule has 0 amide bonds. The molecule has 5 rings (SSSR count). The van der Waals surface area contributed by atoms with E-state index < -0.39 is 27.7 Å². The Balaban J connectivity index is 1.66. The number of carbonyl (C=O) groups is 1. The van der Waals surface area contributed by atoms with Crippen LogP contribution in [0.1, 0.15) is 55.9 Å². The van der Waals surface area contributed by atoms with Gasteiger partial charge in [0.1, 0.15) is 5.75 Å². The lowest BCUT2D eigenvalue weighted by atomic mass is 9.85. The third kappa shape index (κ3) is 5.68. The smallest absolute Gasteiger partial charge is 0.337 e. The largest absolute Gasteiger partial charge is 0.493 e. The Hall–Kier alpha value is -3.53. The van der Waals surface area contributed by atoms with Crippen molar-refractivity contribution in [1.29, 1.82) is 0 Å². The maximum atomic E-state index is 12.9. The van der Waals surface area contributed by atoms with E-state index in [-0.39, 0.29) is 5.75 Å². The van der Waals surface area contributed by atoms with Crippen molar-refractivity contribution < 1.29 is 27.8 Å². The molecule has 0 radical (unpaired) electrons. The Labute approximate surface area is 234 Å². The van der Waals surface area contributed by atoms with Gasteiger partial charge in [-0.05, 0) is 85.7 Å². The number of hydrogen-bond donors (Lipinski definition) is 2. The summed E-state index contributed by atoms with van der Waals surface area (Å²) in [4.78, 5) is 17.6. The van der Waals surface area contributed by atoms with E-state index in [4.69, 9.17) is 19.6 Å². The molecule has 3 aromatic carbocycles. The molecule has 3 N–H and O–H groups in total. The van der Waals surface area contributed by atoms with Gasteiger partial charge in [-0.15, -0.1) is 0 Å². The van der Waals surface area contributed by atoms with Crippen molar-refractivity contribution in [3.05, 3.63) is 71.4 Å². The van der Waals surface area contributed by atoms with Crippen molar-refractivity contribution in [2.45, 2.75) is 58.2 Å². The summed E-state index contributed by atoms with van der Waals surface area (Å²) in [7, 11) is -3.56. The van der Waals surface area contributed by atoms with Crippen LogP contribution >= 0.6 is 0 Å². The van der Waals surface area contributed by atoms with Gasteiger partial charge in [0, 0.05) is 29.1 Å². The first kappa shape index (κ1) is 28.0. The summed E-state index contributed by atoms with van der Waals surface area (Å²) in [6.45, 7) is 6.17. The lowest BCUT2D eigenvalue weighted by Crippen LogP contribution is -2.31. The molecule has 1 aliphatic rings. The second-order valence-corrected chi connectivity index (χ2v) is 12.8. The molecule has 2 heterocycles. The Morgan fingerprint density at radius 1 is 1.18 bits per heavy atom. The number of fused-ring (bicyclic) bond motifs is 1. The van der Waals surface area contributed by atoms with Crippen molar-refractivity contribution in [2.75, 3.05) is 12.4 Å². The van der Waals surface area contributed by atoms with Gasteiger partial charge in [0.25, 0.3) is 0 Å². The highest BCUT2D eigenvalue weighted by Gasteiger charge is 2.34. The third-order valence-electron chi connectivity index (χ3n) is 7.52. The lowest BCUT2D eigenvalue weighted by Gasteiger charge is -2.31. The minimum absolute atomic E-state index is 0.124. The maximum absolute atomic E-state index is 12.9. The van der Waals surface area contributed by atoms with Gasteiger partial charge in [-0.3, -0.25) is 4.98 Å². The van der Waals surface area contributed by atoms with Crippen LogP contribution in [-0.4, -0.2) is 42.4 Å². The number of carboxylic acids is 1. The molecule has 0 unspecified atom stereocenters. The highest BCUT2D eigenvalue weighted by molar-refractivity contribution is 7.89. The number of unbranched alkanes of at least 4 members (excludes halogenated alkanes) is 1. The summed E-state index contributed by atoms with van der Waals surface area (Å²) in [6.07, 6.45) is 2.67. The summed E-state index contributed by atoms with van der Waals surface area (Å²) in [5, 5.41) is 18.5. The van der Waals surface area contributed by atoms with E-state index in [0.29, 0.717) is 31.4 Å². The van der Waals surface area contributed by atoms with Crippen LogP contribution in [0, 0.1) is 6.92 Å². The average molecular weight is 563 g/mol. The second kappa shape index (κ2) is 10.8. The zero-order valence-electron chi connectivity index (χ0n) is 22.9. The van der Waals surface area contributed by atoms with Gasteiger partial charge in [-0.25, -0.2) is 18.4 Å². The highest BCUT2D eigenvalue weighted by atomic mass is 32.2. The predicted octanol–water partition coefficient (Wildman–Crippen LogP) is 5.68. The molecule has 1 aliphatic heterocycles. The predicted molar refractivity (Wildman–Crippen MR) is 156 cm³/mol. The van der Waals surface area contributed by atoms with Crippen LogP contribution in [0.2, 0.25) is 0 Å². The summed E-state index contributed by atoms with van der Waals surface area (Å²) >= 11 is 0. The first-order valence-electron chi connectivity index (χ1n) is 13.4. The Morgan fingerprint density at radius 3 is 2.70 bits per heavy atom. The number of aromatic nitrogens is 1. The molecule has 0 saturated heterocycles. The molecule has 4 aromatic rings. The number of benzene rings is 3. The molecule has 0 fully saturated rings. The second-order valence-electron chi connectivity index (χ2n) is 11.0. The van der Waals surface area contributed by atoms with Crippen LogP contribution < -0.4 is 9.88 Å². The SMILES string of the molecule is Cc1cc2ccccc2c(-c2ccc3c4c(ccnc24)CCO3)c1[C@H](OC(C)(C)CCCCS(N)(=O)=O)C(=O)O. The van der Waals surface area contributed by atoms with Crippen LogP contribution in [0.25, 0.3) is 32.8 Å². The molecule has 40 heavy (non-hydrogen) atoms. The molecule has 0 aliphatic carbocycles. The van der Waals surface area contributed by atoms with Crippen molar-refractivity contribution in [3.8, 4) is 16.9 Å². The van der Waals surface area contributed by atoms with Crippen LogP contribution in [0.15, 0.2) is 54.7 Å². The van der Waals surface area contributed by atoms with Gasteiger partial charge < -0.3 is 14.6 Å². The number of aliphatic carboxylic acids is 1. The minimum Gasteiger partial charge on any atom is -0.493 e. The van der Waals surface area contributed by atoms with Gasteiger partial charge in [-0.1, -0.05) is 30.3 Å². The Kier molecular flexibility index (Phi) is 7.56. The molecular weight excluding hydrogens is 528 g/mol. The number of pyridine rings is 1. The average Bonchev–Trinajstić information content (AvgIpc) is 2.89. The van der Waals surface area contributed by atoms with Gasteiger partial charge in [0.2, 0.25) is 10.0 Å². The number of primary sulfonamides is 1. The van der Waals surface area contributed by atoms with Crippen LogP contribution in [0.3, 0.4) is 0 Å². The first-order valence-corrected chi connectivity index (χ1v) is 15.1. The summed E-state index contributed by atoms with van der Waals surface area (Å²) in [6, 6.07) is 15.8. The number of ether oxygens (including phenoxy) is 2. The zero-order valence-corrected chi connectivity index (χ0v) is 23.8. The third-order valence-corrected chi connectivity index (χ3v) is 8.37. The van der Waals surface area contributed by atoms with Crippen molar-refractivity contribution in [2.24, 2.45) is 5.14 Å². The number of nitrogens with zero attached hydrogens (tertiary/aromatic N) is 1. The zero-order chi connectivity index (χ0) is 28.7. The fraction of sp³-hybridized carbons (Fsp3) is 0.355. The Bertz CT molecular complexity index is 1700. The summed E-state index contributed by atoms with van der Waals surface area (Å²) in [5.74, 6) is -0.448. The fourth-order valence-electron chi connectivity index (χ4n) is 5.70. The van der Waals surface area contributed by atoms with E-state index in [1.54, 1.807) is 6.20 Å². The van der Waals surface area contributed by atoms with E-state index in [1.807, 2.05) is 69.3 Å². The lowest BCUT2D eigenvalue weighted by molar-refractivity contribution is -0.163. The number of nitrogens with two attached hydrogens (primary N) is 1. The fourth-order valence-corrected chi connectivity index (χ4v) is 6.31. The van der Waals surface area contributed by atoms with E-state index in [2.05, 4.69) is 0 Å². The minimum atomic E-state index is -3.56. The normalized spacial score (nSPS) is 14.3. The van der Waals surface area contributed by atoms with Gasteiger partial charge in [0.15, 0.2) is 6.10 Å². The number of carboxylic acid groups (broad SMARTS) is 1. The molecule has 8 nitrogen and oxygen atoms in total. The number of hydrogen-bond acceptors (Lipinski definition) is 6. The number of aryl methyl sites for hydroxylation is 1. The van der Waals surface area contributed by atoms with E-state index in [0.717, 1.165) is 56.1 Å². The molecular formula is C31H34N2O6S. The van der Waals surface area contributed by atoms with Crippen LogP contribution in [0.4, 0.5) is 0 Å². The maximum Gasteiger partial charge on any atom is 0.337 e. The van der Waals surface area contributed by atoms with E-state index in [9.17, 15) is 18.3 Å². The summed E-state index contributed by atoms with van der Waals surface area (Å²) < 4.78 is 35.0. The molecule has 1 atom stereocenters. The first-order chi connectivity index (χ1) is 19.0. The molecule has 0 spiro atoms. The monoisotopic (exact) mass is 562 g/mol. The van der Waals surface area contributed by atoms with Gasteiger partial charge in [-0.2, -0.15) is 0 Å². The van der Waals surface area contributed by atoms with E-state index >= 15 is 0 Å². The van der Waals surface area contributed by atoms with Gasteiger partial charge >= 0.3 is 5.97 Å². The van der Waals surface area contributed by atoms with Crippen molar-refractivity contribution in [3.63, 3.8) is 0 Å².